The summed E-state index contributed by atoms with van der Waals surface area (Å²) in [5.74, 6) is 2.64. The van der Waals surface area contributed by atoms with Crippen LogP contribution in [0.1, 0.15) is 20.8 Å². The van der Waals surface area contributed by atoms with Gasteiger partial charge in [-0.15, -0.1) is 0 Å². The molecule has 1 N–H and O–H groups in total. The van der Waals surface area contributed by atoms with Gasteiger partial charge in [-0.3, -0.25) is 0 Å². The van der Waals surface area contributed by atoms with Gasteiger partial charge < -0.3 is 5.32 Å². The predicted octanol–water partition coefficient (Wildman–Crippen LogP) is 2.47. The van der Waals surface area contributed by atoms with Crippen LogP contribution in [0.5, 0.6) is 0 Å². The van der Waals surface area contributed by atoms with Crippen LogP contribution in [0.2, 0.25) is 0 Å². The summed E-state index contributed by atoms with van der Waals surface area (Å²) in [6, 6.07) is 0.611. The zero-order valence-electron chi connectivity index (χ0n) is 9.13. The third-order valence-corrected chi connectivity index (χ3v) is 4.06. The molecular formula is C12H18NS. The summed E-state index contributed by atoms with van der Waals surface area (Å²) in [7, 11) is 0. The lowest BCUT2D eigenvalue weighted by molar-refractivity contribution is 0.297. The van der Waals surface area contributed by atoms with Crippen LogP contribution in [0.25, 0.3) is 0 Å². The SMILES string of the molecule is CC(C)(C)[C@H]1CS[C]2[CH][CH][CH][C]2CN1. The second-order valence-corrected chi connectivity index (χ2v) is 6.09. The molecule has 0 aromatic carbocycles. The van der Waals surface area contributed by atoms with Crippen LogP contribution < -0.4 is 5.32 Å². The molecule has 77 valence electrons. The van der Waals surface area contributed by atoms with Crippen molar-refractivity contribution >= 4 is 11.8 Å². The lowest BCUT2D eigenvalue weighted by Crippen LogP contribution is -2.42. The highest BCUT2D eigenvalue weighted by Gasteiger charge is 2.36. The summed E-state index contributed by atoms with van der Waals surface area (Å²) >= 11 is 1.99. The van der Waals surface area contributed by atoms with Gasteiger partial charge in [0.15, 0.2) is 0 Å². The van der Waals surface area contributed by atoms with E-state index in [0.717, 1.165) is 6.54 Å². The van der Waals surface area contributed by atoms with E-state index in [0.29, 0.717) is 11.5 Å². The van der Waals surface area contributed by atoms with E-state index in [1.54, 1.807) is 0 Å². The molecule has 2 aliphatic rings. The Kier molecular flexibility index (Phi) is 3.13. The van der Waals surface area contributed by atoms with Gasteiger partial charge in [-0.2, -0.15) is 11.8 Å². The summed E-state index contributed by atoms with van der Waals surface area (Å²) in [6.07, 6.45) is 6.60. The van der Waals surface area contributed by atoms with Crippen molar-refractivity contribution in [2.45, 2.75) is 26.8 Å². The Morgan fingerprint density at radius 1 is 1.36 bits per heavy atom. The van der Waals surface area contributed by atoms with Crippen molar-refractivity contribution in [2.75, 3.05) is 12.3 Å². The van der Waals surface area contributed by atoms with Gasteiger partial charge in [0.25, 0.3) is 0 Å². The van der Waals surface area contributed by atoms with Crippen molar-refractivity contribution in [1.82, 2.24) is 5.32 Å². The molecule has 1 nitrogen and oxygen atoms in total. The highest BCUT2D eigenvalue weighted by Crippen LogP contribution is 2.44. The first-order valence-electron chi connectivity index (χ1n) is 5.18. The lowest BCUT2D eigenvalue weighted by Gasteiger charge is -2.30. The fourth-order valence-electron chi connectivity index (χ4n) is 1.75. The molecule has 1 aliphatic carbocycles. The van der Waals surface area contributed by atoms with Crippen LogP contribution in [0.4, 0.5) is 0 Å². The molecule has 0 aromatic heterocycles. The molecule has 2 heteroatoms. The molecule has 1 saturated heterocycles. The Morgan fingerprint density at radius 3 is 2.86 bits per heavy atom. The molecule has 0 spiro atoms. The molecule has 1 saturated carbocycles. The van der Waals surface area contributed by atoms with Gasteiger partial charge in [0.2, 0.25) is 0 Å². The maximum Gasteiger partial charge on any atom is 0.0428 e. The Morgan fingerprint density at radius 2 is 2.14 bits per heavy atom. The summed E-state index contributed by atoms with van der Waals surface area (Å²) in [6.45, 7) is 7.95. The molecule has 1 heterocycles. The average molecular weight is 208 g/mol. The zero-order chi connectivity index (χ0) is 10.2. The minimum absolute atomic E-state index is 0.358. The first kappa shape index (κ1) is 10.8. The molecule has 0 amide bonds. The van der Waals surface area contributed by atoms with Gasteiger partial charge in [0.1, 0.15) is 0 Å². The number of hydrogen-bond donors (Lipinski definition) is 1. The number of thioether (sulfide) groups is 1. The lowest BCUT2D eigenvalue weighted by atomic mass is 9.87. The molecule has 1 atom stereocenters. The average Bonchev–Trinajstić information content (AvgIpc) is 2.42. The van der Waals surface area contributed by atoms with E-state index in [9.17, 15) is 0 Å². The molecule has 0 unspecified atom stereocenters. The Bertz CT molecular complexity index is 183. The normalized spacial score (nSPS) is 31.5. The highest BCUT2D eigenvalue weighted by atomic mass is 32.2. The van der Waals surface area contributed by atoms with Crippen LogP contribution >= 0.6 is 11.8 Å². The first-order chi connectivity index (χ1) is 6.57. The molecule has 5 radical (unpaired) electrons. The van der Waals surface area contributed by atoms with Crippen LogP contribution in [-0.4, -0.2) is 18.3 Å². The summed E-state index contributed by atoms with van der Waals surface area (Å²) in [4.78, 5) is 0. The van der Waals surface area contributed by atoms with Crippen LogP contribution in [0.3, 0.4) is 0 Å². The number of fused-ring (bicyclic) bond motifs is 1. The smallest absolute Gasteiger partial charge is 0.0428 e. The van der Waals surface area contributed by atoms with E-state index in [-0.39, 0.29) is 0 Å². The van der Waals surface area contributed by atoms with Gasteiger partial charge in [0, 0.05) is 29.5 Å². The van der Waals surface area contributed by atoms with E-state index >= 15 is 0 Å². The Balaban J connectivity index is 1.96. The van der Waals surface area contributed by atoms with Gasteiger partial charge in [-0.05, 0) is 24.7 Å². The molecular weight excluding hydrogens is 190 g/mol. The second-order valence-electron chi connectivity index (χ2n) is 5.03. The van der Waals surface area contributed by atoms with Crippen LogP contribution in [-0.2, 0) is 0 Å². The van der Waals surface area contributed by atoms with Gasteiger partial charge >= 0.3 is 0 Å². The third-order valence-electron chi connectivity index (χ3n) is 2.85. The maximum absolute atomic E-state index is 3.64. The molecule has 0 aromatic rings. The molecule has 2 fully saturated rings. The van der Waals surface area contributed by atoms with Crippen molar-refractivity contribution in [3.8, 4) is 0 Å². The fraction of sp³-hybridized carbons (Fsp3) is 0.583. The summed E-state index contributed by atoms with van der Waals surface area (Å²) < 4.78 is 0. The molecule has 1 aliphatic heterocycles. The highest BCUT2D eigenvalue weighted by molar-refractivity contribution is 8.02. The first-order valence-corrected chi connectivity index (χ1v) is 6.17. The third kappa shape index (κ3) is 2.27. The quantitative estimate of drug-likeness (QED) is 0.656. The minimum atomic E-state index is 0.358. The second kappa shape index (κ2) is 4.05. The molecule has 14 heavy (non-hydrogen) atoms. The summed E-state index contributed by atoms with van der Waals surface area (Å²) in [5.41, 5.74) is 0.358. The Hall–Kier alpha value is 0.310. The van der Waals surface area contributed by atoms with E-state index in [4.69, 9.17) is 0 Å². The van der Waals surface area contributed by atoms with E-state index in [2.05, 4.69) is 45.4 Å². The number of hydrogen-bond acceptors (Lipinski definition) is 2. The van der Waals surface area contributed by atoms with Gasteiger partial charge in [0.05, 0.1) is 0 Å². The predicted molar refractivity (Wildman–Crippen MR) is 63.1 cm³/mol. The van der Waals surface area contributed by atoms with Crippen molar-refractivity contribution < 1.29 is 0 Å². The van der Waals surface area contributed by atoms with E-state index in [1.807, 2.05) is 11.8 Å². The maximum atomic E-state index is 3.64. The summed E-state index contributed by atoms with van der Waals surface area (Å²) in [5, 5.41) is 5.11. The van der Waals surface area contributed by atoms with E-state index in [1.165, 1.54) is 16.9 Å². The number of nitrogens with one attached hydrogen (secondary N) is 1. The molecule has 2 rings (SSSR count). The fourth-order valence-corrected chi connectivity index (χ4v) is 3.21. The zero-order valence-corrected chi connectivity index (χ0v) is 9.95. The monoisotopic (exact) mass is 208 g/mol. The number of rotatable bonds is 0. The minimum Gasteiger partial charge on any atom is -0.312 e. The van der Waals surface area contributed by atoms with Crippen LogP contribution in [0.15, 0.2) is 0 Å². The topological polar surface area (TPSA) is 12.0 Å². The van der Waals surface area contributed by atoms with E-state index < -0.39 is 0 Å². The van der Waals surface area contributed by atoms with Crippen molar-refractivity contribution in [3.05, 3.63) is 30.4 Å². The van der Waals surface area contributed by atoms with Crippen molar-refractivity contribution in [2.24, 2.45) is 5.41 Å². The van der Waals surface area contributed by atoms with Crippen LogP contribution in [0, 0.1) is 35.8 Å². The van der Waals surface area contributed by atoms with Gasteiger partial charge in [-0.25, -0.2) is 0 Å². The largest absolute Gasteiger partial charge is 0.312 e. The Labute approximate surface area is 92.4 Å². The molecule has 0 bridgehead atoms. The standard InChI is InChI=1S/C12H18NS/c1-12(2,3)11-8-14-10-6-4-5-9(10)7-13-11/h4-6,11,13H,7-8H2,1-3H3/t11-/m1/s1. The van der Waals surface area contributed by atoms with Crippen molar-refractivity contribution in [3.63, 3.8) is 0 Å². The van der Waals surface area contributed by atoms with Gasteiger partial charge in [-0.1, -0.05) is 20.8 Å². The van der Waals surface area contributed by atoms with Crippen molar-refractivity contribution in [1.29, 1.82) is 0 Å².